The van der Waals surface area contributed by atoms with Crippen LogP contribution in [-0.2, 0) is 9.84 Å². The molecule has 2 N–H and O–H groups in total. The number of sulfone groups is 1. The fourth-order valence-corrected chi connectivity index (χ4v) is 3.16. The van der Waals surface area contributed by atoms with Gasteiger partial charge in [-0.2, -0.15) is 0 Å². The van der Waals surface area contributed by atoms with Crippen molar-refractivity contribution >= 4 is 15.8 Å². The van der Waals surface area contributed by atoms with Crippen LogP contribution in [0.25, 0.3) is 0 Å². The van der Waals surface area contributed by atoms with Crippen LogP contribution in [0.5, 0.6) is 0 Å². The first-order valence-corrected chi connectivity index (χ1v) is 9.67. The number of nitrogens with one attached hydrogen (secondary N) is 2. The summed E-state index contributed by atoms with van der Waals surface area (Å²) in [6.45, 7) is 6.27. The third-order valence-corrected chi connectivity index (χ3v) is 5.04. The van der Waals surface area contributed by atoms with E-state index in [1.54, 1.807) is 0 Å². The van der Waals surface area contributed by atoms with Crippen LogP contribution in [0.2, 0.25) is 0 Å². The van der Waals surface area contributed by atoms with Gasteiger partial charge in [-0.15, -0.1) is 0 Å². The first kappa shape index (κ1) is 17.3. The minimum atomic E-state index is -2.93. The monoisotopic (exact) mass is 303 g/mol. The highest BCUT2D eigenvalue weighted by atomic mass is 32.2. The van der Waals surface area contributed by atoms with E-state index in [0.717, 1.165) is 19.0 Å². The smallest absolute Gasteiger partial charge is 0.191 e. The summed E-state index contributed by atoms with van der Waals surface area (Å²) < 4.78 is 22.3. The largest absolute Gasteiger partial charge is 0.357 e. The van der Waals surface area contributed by atoms with Crippen molar-refractivity contribution in [3.63, 3.8) is 0 Å². The number of nitrogens with zero attached hydrogens (tertiary/aromatic N) is 1. The van der Waals surface area contributed by atoms with E-state index in [1.165, 1.54) is 38.4 Å². The number of guanidine groups is 1. The summed E-state index contributed by atoms with van der Waals surface area (Å²) in [5, 5.41) is 6.28. The van der Waals surface area contributed by atoms with Gasteiger partial charge in [0.15, 0.2) is 5.96 Å². The summed E-state index contributed by atoms with van der Waals surface area (Å²) >= 11 is 0. The van der Waals surface area contributed by atoms with Gasteiger partial charge in [-0.05, 0) is 31.6 Å². The first-order chi connectivity index (χ1) is 9.41. The number of hydrogen-bond acceptors (Lipinski definition) is 3. The van der Waals surface area contributed by atoms with Gasteiger partial charge in [-0.25, -0.2) is 8.42 Å². The standard InChI is InChI=1S/C14H29N3O2S/c1-4-14(8-6-7-9-14)12-17-13(15-5-2)16-10-11-20(3,18)19/h4-12H2,1-3H3,(H2,15,16,17). The average Bonchev–Trinajstić information content (AvgIpc) is 2.84. The topological polar surface area (TPSA) is 70.6 Å². The minimum Gasteiger partial charge on any atom is -0.357 e. The Morgan fingerprint density at radius 1 is 1.20 bits per heavy atom. The highest BCUT2D eigenvalue weighted by Crippen LogP contribution is 2.41. The molecule has 1 saturated carbocycles. The molecule has 0 amide bonds. The van der Waals surface area contributed by atoms with E-state index in [0.29, 0.717) is 12.0 Å². The van der Waals surface area contributed by atoms with Crippen molar-refractivity contribution in [2.45, 2.75) is 46.0 Å². The molecule has 0 spiro atoms. The zero-order chi connectivity index (χ0) is 15.1. The number of hydrogen-bond donors (Lipinski definition) is 2. The molecule has 0 bridgehead atoms. The predicted octanol–water partition coefficient (Wildman–Crippen LogP) is 1.56. The molecule has 0 aromatic heterocycles. The Kier molecular flexibility index (Phi) is 6.79. The van der Waals surface area contributed by atoms with E-state index < -0.39 is 9.84 Å². The van der Waals surface area contributed by atoms with Gasteiger partial charge in [0.25, 0.3) is 0 Å². The van der Waals surface area contributed by atoms with E-state index in [-0.39, 0.29) is 5.75 Å². The van der Waals surface area contributed by atoms with E-state index in [9.17, 15) is 8.42 Å². The van der Waals surface area contributed by atoms with Gasteiger partial charge in [0.1, 0.15) is 9.84 Å². The molecule has 20 heavy (non-hydrogen) atoms. The summed E-state index contributed by atoms with van der Waals surface area (Å²) in [4.78, 5) is 4.66. The number of aliphatic imine (C=N–C) groups is 1. The normalized spacial score (nSPS) is 19.1. The molecule has 0 aromatic carbocycles. The van der Waals surface area contributed by atoms with Crippen LogP contribution in [0.4, 0.5) is 0 Å². The molecular weight excluding hydrogens is 274 g/mol. The molecule has 1 rings (SSSR count). The molecule has 0 aromatic rings. The first-order valence-electron chi connectivity index (χ1n) is 7.61. The Morgan fingerprint density at radius 2 is 1.85 bits per heavy atom. The fraction of sp³-hybridized carbons (Fsp3) is 0.929. The van der Waals surface area contributed by atoms with Gasteiger partial charge < -0.3 is 10.6 Å². The molecular formula is C14H29N3O2S. The average molecular weight is 303 g/mol. The third-order valence-electron chi connectivity index (χ3n) is 4.10. The van der Waals surface area contributed by atoms with Crippen molar-refractivity contribution in [3.05, 3.63) is 0 Å². The highest BCUT2D eigenvalue weighted by Gasteiger charge is 2.31. The van der Waals surface area contributed by atoms with E-state index in [2.05, 4.69) is 22.5 Å². The van der Waals surface area contributed by atoms with Crippen molar-refractivity contribution < 1.29 is 8.42 Å². The summed E-state index contributed by atoms with van der Waals surface area (Å²) in [7, 11) is -2.93. The van der Waals surface area contributed by atoms with Crippen LogP contribution in [0, 0.1) is 5.41 Å². The Bertz CT molecular complexity index is 412. The molecule has 1 aliphatic rings. The van der Waals surface area contributed by atoms with Gasteiger partial charge in [0, 0.05) is 25.9 Å². The molecule has 0 heterocycles. The van der Waals surface area contributed by atoms with Crippen LogP contribution in [0.15, 0.2) is 4.99 Å². The van der Waals surface area contributed by atoms with Crippen molar-refractivity contribution in [2.75, 3.05) is 31.6 Å². The second-order valence-electron chi connectivity index (χ2n) is 5.81. The van der Waals surface area contributed by atoms with E-state index in [1.807, 2.05) is 6.92 Å². The van der Waals surface area contributed by atoms with Crippen LogP contribution in [0.3, 0.4) is 0 Å². The maximum atomic E-state index is 11.1. The lowest BCUT2D eigenvalue weighted by molar-refractivity contribution is 0.297. The van der Waals surface area contributed by atoms with E-state index in [4.69, 9.17) is 0 Å². The zero-order valence-electron chi connectivity index (χ0n) is 13.0. The van der Waals surface area contributed by atoms with Crippen molar-refractivity contribution in [1.29, 1.82) is 0 Å². The van der Waals surface area contributed by atoms with Crippen molar-refractivity contribution in [1.82, 2.24) is 10.6 Å². The van der Waals surface area contributed by atoms with Crippen molar-refractivity contribution in [3.8, 4) is 0 Å². The van der Waals surface area contributed by atoms with Gasteiger partial charge in [0.2, 0.25) is 0 Å². The Balaban J connectivity index is 2.53. The fourth-order valence-electron chi connectivity index (χ4n) is 2.69. The van der Waals surface area contributed by atoms with Gasteiger partial charge in [-0.1, -0.05) is 19.8 Å². The second-order valence-corrected chi connectivity index (χ2v) is 8.07. The molecule has 0 radical (unpaired) electrons. The lowest BCUT2D eigenvalue weighted by atomic mass is 9.84. The molecule has 118 valence electrons. The lowest BCUT2D eigenvalue weighted by Gasteiger charge is -2.25. The highest BCUT2D eigenvalue weighted by molar-refractivity contribution is 7.90. The summed E-state index contributed by atoms with van der Waals surface area (Å²) in [6, 6.07) is 0. The predicted molar refractivity (Wildman–Crippen MR) is 84.9 cm³/mol. The molecule has 0 saturated heterocycles. The second kappa shape index (κ2) is 7.86. The molecule has 0 atom stereocenters. The number of rotatable bonds is 7. The minimum absolute atomic E-state index is 0.135. The molecule has 0 unspecified atom stereocenters. The summed E-state index contributed by atoms with van der Waals surface area (Å²) in [5.74, 6) is 0.868. The van der Waals surface area contributed by atoms with Gasteiger partial charge in [0.05, 0.1) is 5.75 Å². The van der Waals surface area contributed by atoms with Gasteiger partial charge in [-0.3, -0.25) is 4.99 Å². The molecule has 0 aliphatic heterocycles. The quantitative estimate of drug-likeness (QED) is 0.553. The Labute approximate surface area is 123 Å². The lowest BCUT2D eigenvalue weighted by Crippen LogP contribution is -2.40. The Morgan fingerprint density at radius 3 is 2.35 bits per heavy atom. The molecule has 1 aliphatic carbocycles. The van der Waals surface area contributed by atoms with Crippen LogP contribution >= 0.6 is 0 Å². The van der Waals surface area contributed by atoms with Crippen LogP contribution < -0.4 is 10.6 Å². The van der Waals surface area contributed by atoms with Gasteiger partial charge >= 0.3 is 0 Å². The SMILES string of the molecule is CCNC(=NCC1(CC)CCCC1)NCCS(C)(=O)=O. The van der Waals surface area contributed by atoms with Crippen LogP contribution in [-0.4, -0.2) is 46.0 Å². The zero-order valence-corrected chi connectivity index (χ0v) is 13.9. The maximum absolute atomic E-state index is 11.1. The maximum Gasteiger partial charge on any atom is 0.191 e. The summed E-state index contributed by atoms with van der Waals surface area (Å²) in [6.07, 6.45) is 7.55. The van der Waals surface area contributed by atoms with E-state index >= 15 is 0 Å². The molecule has 1 fully saturated rings. The Hall–Kier alpha value is -0.780. The van der Waals surface area contributed by atoms with Crippen LogP contribution in [0.1, 0.15) is 46.0 Å². The molecule has 6 heteroatoms. The van der Waals surface area contributed by atoms with Crippen molar-refractivity contribution in [2.24, 2.45) is 10.4 Å². The third kappa shape index (κ3) is 6.11. The molecule has 5 nitrogen and oxygen atoms in total. The summed E-state index contributed by atoms with van der Waals surface area (Å²) in [5.41, 5.74) is 0.360.